The molecule has 1 aliphatic carbocycles. The molecule has 22 heavy (non-hydrogen) atoms. The number of hydrogen-bond donors (Lipinski definition) is 1. The first-order chi connectivity index (χ1) is 10.4. The zero-order valence-corrected chi connectivity index (χ0v) is 12.3. The lowest BCUT2D eigenvalue weighted by Gasteiger charge is -2.35. The number of alkyl halides is 3. The van der Waals surface area contributed by atoms with Crippen molar-refractivity contribution < 1.29 is 17.6 Å². The maximum Gasteiger partial charge on any atom is 0.416 e. The third kappa shape index (κ3) is 3.60. The van der Waals surface area contributed by atoms with E-state index >= 15 is 0 Å². The number of benzene rings is 1. The molecule has 0 spiro atoms. The number of halogens is 4. The van der Waals surface area contributed by atoms with Gasteiger partial charge in [0.25, 0.3) is 0 Å². The summed E-state index contributed by atoms with van der Waals surface area (Å²) >= 11 is 0. The average Bonchev–Trinajstić information content (AvgIpc) is 3.29. The van der Waals surface area contributed by atoms with Gasteiger partial charge in [0.05, 0.1) is 5.56 Å². The van der Waals surface area contributed by atoms with Crippen molar-refractivity contribution in [2.75, 3.05) is 26.2 Å². The van der Waals surface area contributed by atoms with Gasteiger partial charge in [0.15, 0.2) is 0 Å². The summed E-state index contributed by atoms with van der Waals surface area (Å²) in [5.41, 5.74) is -0.566. The number of nitrogens with one attached hydrogen (secondary N) is 1. The molecule has 1 saturated heterocycles. The van der Waals surface area contributed by atoms with Crippen LogP contribution >= 0.6 is 0 Å². The van der Waals surface area contributed by atoms with Gasteiger partial charge in [0.2, 0.25) is 0 Å². The summed E-state index contributed by atoms with van der Waals surface area (Å²) in [6.07, 6.45) is -1.49. The molecule has 1 heterocycles. The van der Waals surface area contributed by atoms with Crippen molar-refractivity contribution in [2.45, 2.75) is 31.5 Å². The Morgan fingerprint density at radius 2 is 1.86 bits per heavy atom. The molecule has 6 heteroatoms. The SMILES string of the molecule is Fc1ccc(C(F)(F)F)cc1[C@H](CC1CC1)N1CCNCC1. The molecular formula is C16H20F4N2. The second-order valence-corrected chi connectivity index (χ2v) is 6.21. The molecule has 0 unspecified atom stereocenters. The van der Waals surface area contributed by atoms with E-state index in [0.717, 1.165) is 63.6 Å². The summed E-state index contributed by atoms with van der Waals surface area (Å²) in [4.78, 5) is 2.12. The minimum absolute atomic E-state index is 0.198. The molecule has 122 valence electrons. The zero-order chi connectivity index (χ0) is 15.7. The molecule has 1 aromatic rings. The Morgan fingerprint density at radius 1 is 1.18 bits per heavy atom. The maximum absolute atomic E-state index is 14.2. The van der Waals surface area contributed by atoms with Crippen LogP contribution < -0.4 is 5.32 Å². The predicted molar refractivity (Wildman–Crippen MR) is 75.9 cm³/mol. The molecule has 2 fully saturated rings. The Kier molecular flexibility index (Phi) is 4.41. The fraction of sp³-hybridized carbons (Fsp3) is 0.625. The minimum atomic E-state index is -4.43. The normalized spacial score (nSPS) is 21.8. The van der Waals surface area contributed by atoms with Gasteiger partial charge >= 0.3 is 6.18 Å². The van der Waals surface area contributed by atoms with Crippen LogP contribution in [0.5, 0.6) is 0 Å². The van der Waals surface area contributed by atoms with Gasteiger partial charge in [-0.25, -0.2) is 4.39 Å². The van der Waals surface area contributed by atoms with E-state index in [2.05, 4.69) is 10.2 Å². The molecule has 0 bridgehead atoms. The van der Waals surface area contributed by atoms with Gasteiger partial charge in [-0.15, -0.1) is 0 Å². The summed E-state index contributed by atoms with van der Waals surface area (Å²) in [6, 6.07) is 2.53. The van der Waals surface area contributed by atoms with E-state index in [0.29, 0.717) is 5.92 Å². The van der Waals surface area contributed by atoms with Crippen molar-refractivity contribution in [1.29, 1.82) is 0 Å². The second-order valence-electron chi connectivity index (χ2n) is 6.21. The average molecular weight is 316 g/mol. The van der Waals surface area contributed by atoms with Crippen LogP contribution in [-0.2, 0) is 6.18 Å². The smallest absolute Gasteiger partial charge is 0.314 e. The molecule has 1 aliphatic heterocycles. The Bertz CT molecular complexity index is 519. The molecule has 1 saturated carbocycles. The topological polar surface area (TPSA) is 15.3 Å². The highest BCUT2D eigenvalue weighted by Crippen LogP contribution is 2.42. The summed E-state index contributed by atoms with van der Waals surface area (Å²) in [7, 11) is 0. The lowest BCUT2D eigenvalue weighted by atomic mass is 9.96. The highest BCUT2D eigenvalue weighted by Gasteiger charge is 2.35. The van der Waals surface area contributed by atoms with Gasteiger partial charge in [-0.1, -0.05) is 12.8 Å². The Labute approximate surface area is 127 Å². The fourth-order valence-corrected chi connectivity index (χ4v) is 3.11. The highest BCUT2D eigenvalue weighted by atomic mass is 19.4. The van der Waals surface area contributed by atoms with Crippen molar-refractivity contribution in [3.8, 4) is 0 Å². The predicted octanol–water partition coefficient (Wildman–Crippen LogP) is 3.59. The molecule has 0 radical (unpaired) electrons. The number of nitrogens with zero attached hydrogens (tertiary/aromatic N) is 1. The summed E-state index contributed by atoms with van der Waals surface area (Å²) in [6.45, 7) is 3.07. The lowest BCUT2D eigenvalue weighted by molar-refractivity contribution is -0.137. The third-order valence-corrected chi connectivity index (χ3v) is 4.53. The molecule has 1 atom stereocenters. The van der Waals surface area contributed by atoms with Gasteiger partial charge in [-0.3, -0.25) is 4.90 Å². The van der Waals surface area contributed by atoms with Crippen molar-refractivity contribution in [3.05, 3.63) is 35.1 Å². The quantitative estimate of drug-likeness (QED) is 0.854. The monoisotopic (exact) mass is 316 g/mol. The largest absolute Gasteiger partial charge is 0.416 e. The van der Waals surface area contributed by atoms with Crippen LogP contribution in [0.4, 0.5) is 17.6 Å². The van der Waals surface area contributed by atoms with Crippen molar-refractivity contribution in [1.82, 2.24) is 10.2 Å². The Balaban J connectivity index is 1.91. The molecule has 2 nitrogen and oxygen atoms in total. The molecule has 1 N–H and O–H groups in total. The van der Waals surface area contributed by atoms with Crippen LogP contribution in [0.25, 0.3) is 0 Å². The zero-order valence-electron chi connectivity index (χ0n) is 12.3. The molecule has 3 rings (SSSR count). The van der Waals surface area contributed by atoms with E-state index in [1.165, 1.54) is 0 Å². The summed E-state index contributed by atoms with van der Waals surface area (Å²) in [5.74, 6) is -0.00832. The van der Waals surface area contributed by atoms with Gasteiger partial charge in [0, 0.05) is 37.8 Å². The fourth-order valence-electron chi connectivity index (χ4n) is 3.11. The van der Waals surface area contributed by atoms with Crippen LogP contribution in [-0.4, -0.2) is 31.1 Å². The van der Waals surface area contributed by atoms with Gasteiger partial charge in [0.1, 0.15) is 5.82 Å². The van der Waals surface area contributed by atoms with Crippen molar-refractivity contribution >= 4 is 0 Å². The van der Waals surface area contributed by atoms with E-state index in [1.807, 2.05) is 0 Å². The molecule has 0 aromatic heterocycles. The van der Waals surface area contributed by atoms with Gasteiger partial charge in [-0.05, 0) is 30.5 Å². The standard InChI is InChI=1S/C16H20F4N2/c17-14-4-3-12(16(18,19)20)10-13(14)15(9-11-1-2-11)22-7-5-21-6-8-22/h3-4,10-11,15,21H,1-2,5-9H2/t15-/m0/s1. The molecule has 0 amide bonds. The number of piperazine rings is 1. The Hall–Kier alpha value is -1.14. The van der Waals surface area contributed by atoms with Crippen LogP contribution in [0.3, 0.4) is 0 Å². The first kappa shape index (κ1) is 15.7. The van der Waals surface area contributed by atoms with Crippen LogP contribution in [0.2, 0.25) is 0 Å². The number of hydrogen-bond acceptors (Lipinski definition) is 2. The first-order valence-corrected chi connectivity index (χ1v) is 7.76. The summed E-state index contributed by atoms with van der Waals surface area (Å²) in [5, 5.41) is 3.22. The van der Waals surface area contributed by atoms with Crippen LogP contribution in [0.1, 0.15) is 36.4 Å². The van der Waals surface area contributed by atoms with Crippen LogP contribution in [0.15, 0.2) is 18.2 Å². The third-order valence-electron chi connectivity index (χ3n) is 4.53. The van der Waals surface area contributed by atoms with E-state index in [9.17, 15) is 17.6 Å². The van der Waals surface area contributed by atoms with Gasteiger partial charge in [-0.2, -0.15) is 13.2 Å². The maximum atomic E-state index is 14.2. The highest BCUT2D eigenvalue weighted by molar-refractivity contribution is 5.30. The van der Waals surface area contributed by atoms with Gasteiger partial charge < -0.3 is 5.32 Å². The minimum Gasteiger partial charge on any atom is -0.314 e. The Morgan fingerprint density at radius 3 is 2.45 bits per heavy atom. The molecule has 2 aliphatic rings. The molecule has 1 aromatic carbocycles. The van der Waals surface area contributed by atoms with E-state index < -0.39 is 17.6 Å². The van der Waals surface area contributed by atoms with Crippen molar-refractivity contribution in [2.24, 2.45) is 5.92 Å². The van der Waals surface area contributed by atoms with E-state index in [-0.39, 0.29) is 11.6 Å². The molecular weight excluding hydrogens is 296 g/mol. The summed E-state index contributed by atoms with van der Waals surface area (Å²) < 4.78 is 53.0. The van der Waals surface area contributed by atoms with E-state index in [1.54, 1.807) is 0 Å². The number of rotatable bonds is 4. The van der Waals surface area contributed by atoms with E-state index in [4.69, 9.17) is 0 Å². The second kappa shape index (κ2) is 6.16. The first-order valence-electron chi connectivity index (χ1n) is 7.76. The lowest BCUT2D eigenvalue weighted by Crippen LogP contribution is -2.45. The van der Waals surface area contributed by atoms with Crippen LogP contribution in [0, 0.1) is 11.7 Å². The van der Waals surface area contributed by atoms with Crippen molar-refractivity contribution in [3.63, 3.8) is 0 Å².